The highest BCUT2D eigenvalue weighted by Gasteiger charge is 2.14. The summed E-state index contributed by atoms with van der Waals surface area (Å²) in [4.78, 5) is 15.7. The fourth-order valence-corrected chi connectivity index (χ4v) is 2.32. The van der Waals surface area contributed by atoms with E-state index < -0.39 is 5.82 Å². The Bertz CT molecular complexity index is 720. The minimum Gasteiger partial charge on any atom is -0.481 e. The Morgan fingerprint density at radius 2 is 2.13 bits per heavy atom. The summed E-state index contributed by atoms with van der Waals surface area (Å²) < 4.78 is 18.8. The van der Waals surface area contributed by atoms with Gasteiger partial charge in [0, 0.05) is 18.0 Å². The quantitative estimate of drug-likeness (QED) is 0.827. The van der Waals surface area contributed by atoms with E-state index in [0.717, 1.165) is 16.8 Å². The highest BCUT2D eigenvalue weighted by atomic mass is 35.5. The SMILES string of the molecule is Cc1cccc(C(C)C)c1NC(=O)COc1ccnc(Cl)c1F. The molecule has 0 unspecified atom stereocenters. The number of ether oxygens (including phenoxy) is 1. The molecule has 2 aromatic rings. The first-order valence-corrected chi connectivity index (χ1v) is 7.60. The van der Waals surface area contributed by atoms with Gasteiger partial charge in [-0.3, -0.25) is 4.79 Å². The van der Waals surface area contributed by atoms with Crippen molar-refractivity contribution < 1.29 is 13.9 Å². The number of para-hydroxylation sites is 1. The zero-order valence-corrected chi connectivity index (χ0v) is 13.9. The predicted molar refractivity (Wildman–Crippen MR) is 88.6 cm³/mol. The molecule has 1 N–H and O–H groups in total. The number of carbonyl (C=O) groups excluding carboxylic acids is 1. The molecule has 1 heterocycles. The summed E-state index contributed by atoms with van der Waals surface area (Å²) in [5, 5.41) is 2.54. The molecule has 0 saturated heterocycles. The number of anilines is 1. The molecule has 6 heteroatoms. The number of nitrogens with one attached hydrogen (secondary N) is 1. The van der Waals surface area contributed by atoms with E-state index >= 15 is 0 Å². The smallest absolute Gasteiger partial charge is 0.262 e. The van der Waals surface area contributed by atoms with Crippen molar-refractivity contribution in [3.8, 4) is 5.75 Å². The van der Waals surface area contributed by atoms with Gasteiger partial charge in [-0.05, 0) is 24.0 Å². The maximum atomic E-state index is 13.7. The fourth-order valence-electron chi connectivity index (χ4n) is 2.17. The molecule has 23 heavy (non-hydrogen) atoms. The molecule has 0 radical (unpaired) electrons. The molecule has 0 atom stereocenters. The van der Waals surface area contributed by atoms with Crippen LogP contribution in [-0.2, 0) is 4.79 Å². The van der Waals surface area contributed by atoms with Crippen molar-refractivity contribution in [2.24, 2.45) is 0 Å². The summed E-state index contributed by atoms with van der Waals surface area (Å²) in [5.41, 5.74) is 2.77. The van der Waals surface area contributed by atoms with E-state index in [1.54, 1.807) is 0 Å². The van der Waals surface area contributed by atoms with Gasteiger partial charge in [-0.2, -0.15) is 4.39 Å². The second-order valence-electron chi connectivity index (χ2n) is 5.44. The van der Waals surface area contributed by atoms with Gasteiger partial charge in [0.2, 0.25) is 5.82 Å². The summed E-state index contributed by atoms with van der Waals surface area (Å²) in [6, 6.07) is 7.16. The lowest BCUT2D eigenvalue weighted by Gasteiger charge is -2.16. The van der Waals surface area contributed by atoms with E-state index in [1.807, 2.05) is 25.1 Å². The number of rotatable bonds is 5. The minimum atomic E-state index is -0.777. The van der Waals surface area contributed by atoms with E-state index in [-0.39, 0.29) is 29.3 Å². The largest absolute Gasteiger partial charge is 0.481 e. The molecule has 0 aliphatic heterocycles. The van der Waals surface area contributed by atoms with Crippen molar-refractivity contribution in [3.63, 3.8) is 0 Å². The Balaban J connectivity index is 2.07. The van der Waals surface area contributed by atoms with Crippen molar-refractivity contribution in [2.75, 3.05) is 11.9 Å². The van der Waals surface area contributed by atoms with Gasteiger partial charge in [-0.25, -0.2) is 4.98 Å². The summed E-state index contributed by atoms with van der Waals surface area (Å²) in [5.74, 6) is -0.981. The summed E-state index contributed by atoms with van der Waals surface area (Å²) in [6.07, 6.45) is 1.32. The van der Waals surface area contributed by atoms with Gasteiger partial charge >= 0.3 is 0 Å². The van der Waals surface area contributed by atoms with Crippen molar-refractivity contribution in [1.29, 1.82) is 0 Å². The first-order chi connectivity index (χ1) is 10.9. The van der Waals surface area contributed by atoms with Gasteiger partial charge in [-0.1, -0.05) is 43.6 Å². The van der Waals surface area contributed by atoms with Crippen molar-refractivity contribution in [2.45, 2.75) is 26.7 Å². The average Bonchev–Trinajstić information content (AvgIpc) is 2.50. The Morgan fingerprint density at radius 3 is 2.83 bits per heavy atom. The lowest BCUT2D eigenvalue weighted by atomic mass is 9.98. The molecule has 122 valence electrons. The molecule has 0 aliphatic rings. The number of aromatic nitrogens is 1. The standard InChI is InChI=1S/C17H18ClFN2O2/c1-10(2)12-6-4-5-11(3)16(12)21-14(22)9-23-13-7-8-20-17(18)15(13)19/h4-8,10H,9H2,1-3H3,(H,21,22). The molecule has 4 nitrogen and oxygen atoms in total. The maximum Gasteiger partial charge on any atom is 0.262 e. The number of carbonyl (C=O) groups is 1. The fraction of sp³-hybridized carbons (Fsp3) is 0.294. The number of hydrogen-bond donors (Lipinski definition) is 1. The van der Waals surface area contributed by atoms with E-state index in [1.165, 1.54) is 12.3 Å². The van der Waals surface area contributed by atoms with Crippen LogP contribution in [0.4, 0.5) is 10.1 Å². The van der Waals surface area contributed by atoms with Crippen molar-refractivity contribution >= 4 is 23.2 Å². The lowest BCUT2D eigenvalue weighted by Crippen LogP contribution is -2.22. The third-order valence-electron chi connectivity index (χ3n) is 3.36. The van der Waals surface area contributed by atoms with Crippen LogP contribution in [0.1, 0.15) is 30.9 Å². The van der Waals surface area contributed by atoms with Crippen LogP contribution in [0.2, 0.25) is 5.15 Å². The van der Waals surface area contributed by atoms with Crippen molar-refractivity contribution in [3.05, 3.63) is 52.6 Å². The first-order valence-electron chi connectivity index (χ1n) is 7.22. The van der Waals surface area contributed by atoms with Gasteiger partial charge in [-0.15, -0.1) is 0 Å². The second-order valence-corrected chi connectivity index (χ2v) is 5.80. The Kier molecular flexibility index (Phi) is 5.55. The number of nitrogens with zero attached hydrogens (tertiary/aromatic N) is 1. The molecule has 0 saturated carbocycles. The molecule has 1 aromatic heterocycles. The molecule has 0 bridgehead atoms. The Hall–Kier alpha value is -2.14. The van der Waals surface area contributed by atoms with Gasteiger partial charge < -0.3 is 10.1 Å². The highest BCUT2D eigenvalue weighted by Crippen LogP contribution is 2.27. The van der Waals surface area contributed by atoms with Crippen LogP contribution in [-0.4, -0.2) is 17.5 Å². The summed E-state index contributed by atoms with van der Waals surface area (Å²) in [6.45, 7) is 5.71. The van der Waals surface area contributed by atoms with Crippen LogP contribution in [0.15, 0.2) is 30.5 Å². The molecule has 1 aromatic carbocycles. The zero-order chi connectivity index (χ0) is 17.0. The van der Waals surface area contributed by atoms with E-state index in [2.05, 4.69) is 24.1 Å². The molecule has 0 aliphatic carbocycles. The van der Waals surface area contributed by atoms with Crippen LogP contribution in [0.25, 0.3) is 0 Å². The van der Waals surface area contributed by atoms with Gasteiger partial charge in [0.25, 0.3) is 5.91 Å². The van der Waals surface area contributed by atoms with E-state index in [0.29, 0.717) is 0 Å². The minimum absolute atomic E-state index is 0.103. The number of benzene rings is 1. The molecule has 0 spiro atoms. The lowest BCUT2D eigenvalue weighted by molar-refractivity contribution is -0.118. The van der Waals surface area contributed by atoms with Gasteiger partial charge in [0.05, 0.1) is 0 Å². The third kappa shape index (κ3) is 4.20. The van der Waals surface area contributed by atoms with E-state index in [9.17, 15) is 9.18 Å². The predicted octanol–water partition coefficient (Wildman–Crippen LogP) is 4.32. The number of hydrogen-bond acceptors (Lipinski definition) is 3. The van der Waals surface area contributed by atoms with Crippen molar-refractivity contribution in [1.82, 2.24) is 4.98 Å². The van der Waals surface area contributed by atoms with Crippen LogP contribution >= 0.6 is 11.6 Å². The van der Waals surface area contributed by atoms with E-state index in [4.69, 9.17) is 16.3 Å². The number of halogens is 2. The number of aryl methyl sites for hydroxylation is 1. The number of pyridine rings is 1. The Labute approximate surface area is 139 Å². The zero-order valence-electron chi connectivity index (χ0n) is 13.2. The third-order valence-corrected chi connectivity index (χ3v) is 3.62. The molecular weight excluding hydrogens is 319 g/mol. The molecule has 0 fully saturated rings. The van der Waals surface area contributed by atoms with Crippen LogP contribution in [0.5, 0.6) is 5.75 Å². The Morgan fingerprint density at radius 1 is 1.39 bits per heavy atom. The average molecular weight is 337 g/mol. The second kappa shape index (κ2) is 7.42. The van der Waals surface area contributed by atoms with Gasteiger partial charge in [0.15, 0.2) is 17.5 Å². The normalized spacial score (nSPS) is 10.7. The highest BCUT2D eigenvalue weighted by molar-refractivity contribution is 6.29. The summed E-state index contributed by atoms with van der Waals surface area (Å²) >= 11 is 5.57. The molecule has 2 rings (SSSR count). The van der Waals surface area contributed by atoms with Gasteiger partial charge in [0.1, 0.15) is 0 Å². The topological polar surface area (TPSA) is 51.2 Å². The first kappa shape index (κ1) is 17.2. The van der Waals surface area contributed by atoms with Crippen LogP contribution < -0.4 is 10.1 Å². The monoisotopic (exact) mass is 336 g/mol. The van der Waals surface area contributed by atoms with Crippen LogP contribution in [0.3, 0.4) is 0 Å². The number of amides is 1. The molecule has 1 amide bonds. The van der Waals surface area contributed by atoms with Crippen LogP contribution in [0, 0.1) is 12.7 Å². The molecular formula is C17H18ClFN2O2. The summed E-state index contributed by atoms with van der Waals surface area (Å²) in [7, 11) is 0. The maximum absolute atomic E-state index is 13.7.